The molecule has 4 aromatic rings. The number of aromatic nitrogens is 3. The van der Waals surface area contributed by atoms with Gasteiger partial charge in [-0.25, -0.2) is 18.5 Å². The highest BCUT2D eigenvalue weighted by molar-refractivity contribution is 7.89. The fraction of sp³-hybridized carbons (Fsp3) is 0.182. The van der Waals surface area contributed by atoms with Gasteiger partial charge in [-0.2, -0.15) is 10.4 Å². The number of hydrogen-bond donors (Lipinski definition) is 1. The van der Waals surface area contributed by atoms with Gasteiger partial charge in [0.2, 0.25) is 10.5 Å². The van der Waals surface area contributed by atoms with Crippen LogP contribution in [-0.2, 0) is 17.1 Å². The van der Waals surface area contributed by atoms with Gasteiger partial charge in [-0.05, 0) is 43.7 Å². The van der Waals surface area contributed by atoms with Crippen LogP contribution in [0.25, 0.3) is 22.3 Å². The van der Waals surface area contributed by atoms with Gasteiger partial charge in [-0.1, -0.05) is 11.6 Å². The summed E-state index contributed by atoms with van der Waals surface area (Å²) in [5.74, 6) is -0.0404. The standard InChI is InChI=1S/C22H18ClN5O5S/c1-11-6-14(12(2)32-17-4-5-18(23)27-22(17)34(25,30)31)21-15(7-11)19(29)16(8-24)20(33-21)13-9-26-28(3)10-13/h4-7,9-10,12H,1-3H3,(H2,25,30,31)/t12-/m1/s1. The third-order valence-electron chi connectivity index (χ3n) is 5.05. The first kappa shape index (κ1) is 23.4. The molecule has 0 amide bonds. The number of hydrogen-bond acceptors (Lipinski definition) is 8. The lowest BCUT2D eigenvalue weighted by molar-refractivity contribution is 0.219. The zero-order valence-corrected chi connectivity index (χ0v) is 19.8. The molecule has 0 bridgehead atoms. The molecule has 0 aliphatic heterocycles. The van der Waals surface area contributed by atoms with Crippen molar-refractivity contribution in [3.8, 4) is 23.1 Å². The van der Waals surface area contributed by atoms with Crippen molar-refractivity contribution in [3.63, 3.8) is 0 Å². The van der Waals surface area contributed by atoms with Crippen molar-refractivity contribution >= 4 is 32.6 Å². The van der Waals surface area contributed by atoms with Gasteiger partial charge in [0.25, 0.3) is 10.0 Å². The van der Waals surface area contributed by atoms with Gasteiger partial charge in [-0.3, -0.25) is 9.48 Å². The van der Waals surface area contributed by atoms with E-state index >= 15 is 0 Å². The van der Waals surface area contributed by atoms with E-state index in [1.807, 2.05) is 6.07 Å². The Morgan fingerprint density at radius 3 is 2.68 bits per heavy atom. The molecule has 2 N–H and O–H groups in total. The van der Waals surface area contributed by atoms with Crippen molar-refractivity contribution in [2.45, 2.75) is 25.0 Å². The van der Waals surface area contributed by atoms with E-state index in [0.717, 1.165) is 0 Å². The van der Waals surface area contributed by atoms with E-state index in [4.69, 9.17) is 25.9 Å². The molecule has 0 spiro atoms. The highest BCUT2D eigenvalue weighted by Gasteiger charge is 2.24. The summed E-state index contributed by atoms with van der Waals surface area (Å²) in [6.45, 7) is 3.42. The number of rotatable bonds is 5. The SMILES string of the molecule is Cc1cc([C@@H](C)Oc2ccc(Cl)nc2S(N)(=O)=O)c2oc(-c3cnn(C)c3)c(C#N)c(=O)c2c1. The molecule has 12 heteroatoms. The zero-order chi connectivity index (χ0) is 24.8. The smallest absolute Gasteiger partial charge is 0.259 e. The van der Waals surface area contributed by atoms with E-state index in [2.05, 4.69) is 10.1 Å². The minimum atomic E-state index is -4.23. The number of nitrogens with two attached hydrogens (primary N) is 1. The van der Waals surface area contributed by atoms with Crippen molar-refractivity contribution < 1.29 is 17.6 Å². The average molecular weight is 500 g/mol. The molecular weight excluding hydrogens is 482 g/mol. The number of pyridine rings is 1. The van der Waals surface area contributed by atoms with Crippen LogP contribution in [0.4, 0.5) is 0 Å². The van der Waals surface area contributed by atoms with E-state index in [9.17, 15) is 18.5 Å². The highest BCUT2D eigenvalue weighted by Crippen LogP contribution is 2.34. The van der Waals surface area contributed by atoms with E-state index in [1.165, 1.54) is 23.0 Å². The third kappa shape index (κ3) is 4.26. The number of ether oxygens (including phenoxy) is 1. The largest absolute Gasteiger partial charge is 0.483 e. The molecule has 174 valence electrons. The van der Waals surface area contributed by atoms with Crippen molar-refractivity contribution in [2.75, 3.05) is 0 Å². The molecule has 3 heterocycles. The molecule has 0 saturated heterocycles. The minimum absolute atomic E-state index is 0.0684. The second kappa shape index (κ2) is 8.57. The maximum Gasteiger partial charge on any atom is 0.259 e. The van der Waals surface area contributed by atoms with Crippen LogP contribution in [0.15, 0.2) is 50.9 Å². The lowest BCUT2D eigenvalue weighted by Gasteiger charge is -2.19. The van der Waals surface area contributed by atoms with Gasteiger partial charge in [-0.15, -0.1) is 0 Å². The number of aryl methyl sites for hydroxylation is 2. The summed E-state index contributed by atoms with van der Waals surface area (Å²) in [5.41, 5.74) is 1.17. The van der Waals surface area contributed by atoms with Crippen LogP contribution in [0, 0.1) is 18.3 Å². The molecular formula is C22H18ClN5O5S. The summed E-state index contributed by atoms with van der Waals surface area (Å²) in [4.78, 5) is 17.0. The Balaban J connectivity index is 1.93. The number of nitrogens with zero attached hydrogens (tertiary/aromatic N) is 4. The molecule has 0 aliphatic carbocycles. The third-order valence-corrected chi connectivity index (χ3v) is 6.09. The average Bonchev–Trinajstić information content (AvgIpc) is 3.20. The topological polar surface area (TPSA) is 154 Å². The van der Waals surface area contributed by atoms with E-state index in [1.54, 1.807) is 39.2 Å². The van der Waals surface area contributed by atoms with Crippen molar-refractivity contribution in [1.29, 1.82) is 5.26 Å². The maximum absolute atomic E-state index is 13.2. The Kier molecular flexibility index (Phi) is 5.91. The van der Waals surface area contributed by atoms with Crippen molar-refractivity contribution in [3.05, 3.63) is 68.7 Å². The van der Waals surface area contributed by atoms with Gasteiger partial charge in [0.15, 0.2) is 11.5 Å². The first-order valence-corrected chi connectivity index (χ1v) is 11.8. The predicted molar refractivity (Wildman–Crippen MR) is 124 cm³/mol. The monoisotopic (exact) mass is 499 g/mol. The first-order chi connectivity index (χ1) is 16.0. The highest BCUT2D eigenvalue weighted by atomic mass is 35.5. The van der Waals surface area contributed by atoms with Crippen LogP contribution in [0.5, 0.6) is 5.75 Å². The van der Waals surface area contributed by atoms with Gasteiger partial charge >= 0.3 is 0 Å². The minimum Gasteiger partial charge on any atom is -0.483 e. The van der Waals surface area contributed by atoms with Crippen LogP contribution in [0.2, 0.25) is 5.15 Å². The van der Waals surface area contributed by atoms with Crippen LogP contribution < -0.4 is 15.3 Å². The number of fused-ring (bicyclic) bond motifs is 1. The lowest BCUT2D eigenvalue weighted by atomic mass is 10.0. The Bertz CT molecular complexity index is 1650. The van der Waals surface area contributed by atoms with E-state index in [0.29, 0.717) is 16.7 Å². The second-order valence-corrected chi connectivity index (χ2v) is 9.49. The maximum atomic E-state index is 13.2. The molecule has 0 aliphatic rings. The van der Waals surface area contributed by atoms with E-state index < -0.39 is 26.6 Å². The van der Waals surface area contributed by atoms with Gasteiger partial charge < -0.3 is 9.15 Å². The van der Waals surface area contributed by atoms with Gasteiger partial charge in [0.1, 0.15) is 28.5 Å². The van der Waals surface area contributed by atoms with Gasteiger partial charge in [0.05, 0.1) is 17.1 Å². The fourth-order valence-electron chi connectivity index (χ4n) is 3.57. The molecule has 0 fully saturated rings. The quantitative estimate of drug-likeness (QED) is 0.410. The number of halogens is 1. The Hall–Kier alpha value is -3.72. The number of sulfonamides is 1. The normalized spacial score (nSPS) is 12.5. The van der Waals surface area contributed by atoms with Crippen molar-refractivity contribution in [2.24, 2.45) is 12.2 Å². The second-order valence-electron chi connectivity index (χ2n) is 7.62. The molecule has 4 rings (SSSR count). The predicted octanol–water partition coefficient (Wildman–Crippen LogP) is 3.21. The molecule has 3 aromatic heterocycles. The molecule has 1 aromatic carbocycles. The molecule has 0 saturated carbocycles. The molecule has 0 unspecified atom stereocenters. The summed E-state index contributed by atoms with van der Waals surface area (Å²) in [6.07, 6.45) is 2.30. The number of nitriles is 1. The summed E-state index contributed by atoms with van der Waals surface area (Å²) in [5, 5.41) is 18.6. The molecule has 10 nitrogen and oxygen atoms in total. The Morgan fingerprint density at radius 2 is 2.06 bits per heavy atom. The number of benzene rings is 1. The summed E-state index contributed by atoms with van der Waals surface area (Å²) >= 11 is 5.83. The van der Waals surface area contributed by atoms with Crippen LogP contribution in [-0.4, -0.2) is 23.2 Å². The molecule has 34 heavy (non-hydrogen) atoms. The van der Waals surface area contributed by atoms with Crippen LogP contribution in [0.3, 0.4) is 0 Å². The molecule has 0 radical (unpaired) electrons. The van der Waals surface area contributed by atoms with Gasteiger partial charge in [0, 0.05) is 18.8 Å². The van der Waals surface area contributed by atoms with E-state index in [-0.39, 0.29) is 33.2 Å². The van der Waals surface area contributed by atoms with Crippen LogP contribution >= 0.6 is 11.6 Å². The Morgan fingerprint density at radius 1 is 1.32 bits per heavy atom. The summed E-state index contributed by atoms with van der Waals surface area (Å²) < 4.78 is 37.5. The zero-order valence-electron chi connectivity index (χ0n) is 18.2. The first-order valence-electron chi connectivity index (χ1n) is 9.86. The molecule has 1 atom stereocenters. The summed E-state index contributed by atoms with van der Waals surface area (Å²) in [7, 11) is -2.53. The Labute approximate surface area is 199 Å². The summed E-state index contributed by atoms with van der Waals surface area (Å²) in [6, 6.07) is 8.00. The fourth-order valence-corrected chi connectivity index (χ4v) is 4.39. The van der Waals surface area contributed by atoms with Crippen molar-refractivity contribution in [1.82, 2.24) is 14.8 Å². The lowest BCUT2D eigenvalue weighted by Crippen LogP contribution is -2.17. The number of primary sulfonamides is 1. The van der Waals surface area contributed by atoms with Crippen LogP contribution in [0.1, 0.15) is 29.7 Å².